The van der Waals surface area contributed by atoms with Gasteiger partial charge in [0.1, 0.15) is 96.7 Å². The maximum atomic E-state index is 12.8. The minimum Gasteiger partial charge on any atom is -0.394 e. The predicted octanol–water partition coefficient (Wildman–Crippen LogP) is -7.52. The molecule has 6 rings (SSSR count). The van der Waals surface area contributed by atoms with Crippen LogP contribution in [0.5, 0.6) is 0 Å². The summed E-state index contributed by atoms with van der Waals surface area (Å²) in [6.07, 6.45) is -25.8. The standard InChI is InChI=1S/C38H52N2O22S2/c41-9-19-23(45)25(47)27(49)29(61-19)35(55)13-59-21(11-43)37(57,33(35)53)63-17-5-1-15(2-6-17)39-31(51)32(52)40-16-3-7-18(8-4-16)64-38(58)22(12-44)60-14-36(56,34(38)54)30-28(50)26(48)24(46)20(10-42)62-30/h1-8,19-30,33-34,41-50,53-58H,9-14H2,(H,39,51)(H,40,52)/t19-,20-,21-,22-,23-,24-,25+,26+,27-,28-,29-,30-,33-,34-,35-,36-,37-,38-/m1/s1. The molecule has 24 nitrogen and oxygen atoms in total. The highest BCUT2D eigenvalue weighted by atomic mass is 32.2. The number of anilines is 2. The molecule has 2 aromatic rings. The average molecular weight is 953 g/mol. The fraction of sp³-hybridized carbons (Fsp3) is 0.632. The second-order valence-corrected chi connectivity index (χ2v) is 18.6. The number of carbonyl (C=O) groups excluding carboxylic acids is 2. The summed E-state index contributed by atoms with van der Waals surface area (Å²) in [6.45, 7) is -5.06. The molecule has 0 unspecified atom stereocenters. The minimum atomic E-state index is -2.66. The zero-order chi connectivity index (χ0) is 47.1. The molecule has 0 spiro atoms. The second kappa shape index (κ2) is 19.9. The van der Waals surface area contributed by atoms with Crippen LogP contribution in [0.15, 0.2) is 58.3 Å². The number of carbonyl (C=O) groups is 2. The first-order chi connectivity index (χ1) is 30.1. The van der Waals surface area contributed by atoms with Crippen LogP contribution in [0, 0.1) is 0 Å². The van der Waals surface area contributed by atoms with Crippen molar-refractivity contribution < 1.29 is 110 Å². The Morgan fingerprint density at radius 2 is 0.844 bits per heavy atom. The van der Waals surface area contributed by atoms with E-state index in [0.717, 1.165) is 0 Å². The fourth-order valence-corrected chi connectivity index (χ4v) is 10.5. The zero-order valence-electron chi connectivity index (χ0n) is 33.4. The van der Waals surface area contributed by atoms with E-state index < -0.39 is 158 Å². The van der Waals surface area contributed by atoms with Crippen molar-refractivity contribution in [1.82, 2.24) is 0 Å². The van der Waals surface area contributed by atoms with Gasteiger partial charge in [0.25, 0.3) is 0 Å². The molecular formula is C38H52N2O22S2. The molecule has 0 bridgehead atoms. The Hall–Kier alpha value is -2.72. The smallest absolute Gasteiger partial charge is 0.314 e. The minimum absolute atomic E-state index is 0.0730. The highest BCUT2D eigenvalue weighted by molar-refractivity contribution is 8.00. The molecule has 4 fully saturated rings. The molecule has 18 atom stereocenters. The van der Waals surface area contributed by atoms with E-state index in [9.17, 15) is 91.3 Å². The van der Waals surface area contributed by atoms with Gasteiger partial charge in [-0.15, -0.1) is 0 Å². The maximum absolute atomic E-state index is 12.8. The topological polar surface area (TPSA) is 419 Å². The van der Waals surface area contributed by atoms with Crippen molar-refractivity contribution in [2.75, 3.05) is 50.3 Å². The molecule has 64 heavy (non-hydrogen) atoms. The highest BCUT2D eigenvalue weighted by Crippen LogP contribution is 2.49. The molecule has 4 aliphatic heterocycles. The Labute approximate surface area is 371 Å². The van der Waals surface area contributed by atoms with Crippen molar-refractivity contribution in [1.29, 1.82) is 0 Å². The first kappa shape index (κ1) is 50.7. The summed E-state index contributed by atoms with van der Waals surface area (Å²) in [7, 11) is 0. The lowest BCUT2D eigenvalue weighted by Gasteiger charge is -2.55. The normalized spacial score (nSPS) is 42.8. The number of ether oxygens (including phenoxy) is 4. The lowest BCUT2D eigenvalue weighted by atomic mass is 9.77. The Kier molecular flexibility index (Phi) is 15.7. The van der Waals surface area contributed by atoms with Gasteiger partial charge in [-0.1, -0.05) is 23.5 Å². The van der Waals surface area contributed by atoms with E-state index in [2.05, 4.69) is 10.6 Å². The van der Waals surface area contributed by atoms with Crippen LogP contribution < -0.4 is 10.6 Å². The van der Waals surface area contributed by atoms with Gasteiger partial charge >= 0.3 is 11.8 Å². The van der Waals surface area contributed by atoms with Crippen LogP contribution in [-0.4, -0.2) is 240 Å². The molecule has 4 aliphatic rings. The number of rotatable bonds is 12. The van der Waals surface area contributed by atoms with Crippen molar-refractivity contribution in [3.8, 4) is 0 Å². The molecule has 4 heterocycles. The van der Waals surface area contributed by atoms with Crippen molar-refractivity contribution in [3.63, 3.8) is 0 Å². The Morgan fingerprint density at radius 3 is 1.14 bits per heavy atom. The van der Waals surface area contributed by atoms with Crippen LogP contribution in [0.3, 0.4) is 0 Å². The zero-order valence-corrected chi connectivity index (χ0v) is 35.0. The van der Waals surface area contributed by atoms with Crippen molar-refractivity contribution in [2.24, 2.45) is 0 Å². The molecule has 0 aromatic heterocycles. The van der Waals surface area contributed by atoms with Gasteiger partial charge in [0, 0.05) is 21.2 Å². The lowest BCUT2D eigenvalue weighted by molar-refractivity contribution is -0.328. The number of nitrogens with one attached hydrogen (secondary N) is 2. The number of amides is 2. The molecule has 18 N–H and O–H groups in total. The van der Waals surface area contributed by atoms with E-state index in [-0.39, 0.29) is 21.2 Å². The molecule has 26 heteroatoms. The molecular weight excluding hydrogens is 901 g/mol. The van der Waals surface area contributed by atoms with Crippen molar-refractivity contribution in [2.45, 2.75) is 116 Å². The highest BCUT2D eigenvalue weighted by Gasteiger charge is 2.67. The summed E-state index contributed by atoms with van der Waals surface area (Å²) < 4.78 is 21.8. The summed E-state index contributed by atoms with van der Waals surface area (Å²) in [6, 6.07) is 10.6. The molecule has 2 amide bonds. The van der Waals surface area contributed by atoms with Gasteiger partial charge in [-0.25, -0.2) is 0 Å². The quantitative estimate of drug-likeness (QED) is 0.0694. The van der Waals surface area contributed by atoms with E-state index in [4.69, 9.17) is 18.9 Å². The van der Waals surface area contributed by atoms with E-state index in [0.29, 0.717) is 23.5 Å². The van der Waals surface area contributed by atoms with Crippen LogP contribution in [0.25, 0.3) is 0 Å². The lowest BCUT2D eigenvalue weighted by Crippen LogP contribution is -2.76. The van der Waals surface area contributed by atoms with Gasteiger partial charge in [-0.3, -0.25) is 9.59 Å². The SMILES string of the molecule is O=C(Nc1ccc(S[C@@]2(O)[C@H](O)[C@](O)([C@@H]3O[C@H](CO)[C@@H](O)[C@H](O)[C@H]3O)CO[C@@H]2CO)cc1)C(=O)Nc1ccc(S[C@@]2(O)[C@H](O)[C@](O)([C@@H]3O[C@H](CO)[C@@H](O)[C@H](O)[C@H]3O)CO[C@@H]2CO)cc1. The summed E-state index contributed by atoms with van der Waals surface area (Å²) in [5, 5.41) is 175. The van der Waals surface area contributed by atoms with Gasteiger partial charge < -0.3 is 111 Å². The summed E-state index contributed by atoms with van der Waals surface area (Å²) in [4.78, 5) is 20.9. The van der Waals surface area contributed by atoms with Gasteiger partial charge in [-0.2, -0.15) is 0 Å². The summed E-state index contributed by atoms with van der Waals surface area (Å²) in [5.41, 5.74) is -5.18. The van der Waals surface area contributed by atoms with Gasteiger partial charge in [0.2, 0.25) is 0 Å². The molecule has 4 saturated heterocycles. The van der Waals surface area contributed by atoms with Crippen LogP contribution in [-0.2, 0) is 28.5 Å². The van der Waals surface area contributed by atoms with Crippen LogP contribution in [0.4, 0.5) is 11.4 Å². The number of aliphatic hydroxyl groups excluding tert-OH is 12. The molecule has 0 radical (unpaired) electrons. The first-order valence-electron chi connectivity index (χ1n) is 19.7. The van der Waals surface area contributed by atoms with Gasteiger partial charge in [0.05, 0.1) is 39.6 Å². The van der Waals surface area contributed by atoms with Crippen molar-refractivity contribution in [3.05, 3.63) is 48.5 Å². The summed E-state index contributed by atoms with van der Waals surface area (Å²) in [5.74, 6) is -2.29. The Bertz CT molecular complexity index is 1790. The Morgan fingerprint density at radius 1 is 0.516 bits per heavy atom. The number of hydrogen-bond donors (Lipinski definition) is 18. The van der Waals surface area contributed by atoms with Crippen LogP contribution in [0.2, 0.25) is 0 Å². The largest absolute Gasteiger partial charge is 0.394 e. The predicted molar refractivity (Wildman–Crippen MR) is 215 cm³/mol. The number of aliphatic hydroxyl groups is 16. The van der Waals surface area contributed by atoms with E-state index in [1.807, 2.05) is 0 Å². The molecule has 358 valence electrons. The van der Waals surface area contributed by atoms with Gasteiger partial charge in [-0.05, 0) is 48.5 Å². The first-order valence-corrected chi connectivity index (χ1v) is 21.3. The second-order valence-electron chi connectivity index (χ2n) is 15.9. The number of hydrogen-bond acceptors (Lipinski definition) is 24. The maximum Gasteiger partial charge on any atom is 0.314 e. The van der Waals surface area contributed by atoms with Crippen LogP contribution in [0.1, 0.15) is 0 Å². The average Bonchev–Trinajstić information content (AvgIpc) is 3.27. The van der Waals surface area contributed by atoms with E-state index >= 15 is 0 Å². The third-order valence-electron chi connectivity index (χ3n) is 11.8. The van der Waals surface area contributed by atoms with Crippen molar-refractivity contribution >= 4 is 46.7 Å². The third kappa shape index (κ3) is 9.28. The summed E-state index contributed by atoms with van der Waals surface area (Å²) >= 11 is 1.01. The number of benzene rings is 2. The Balaban J connectivity index is 1.08. The third-order valence-corrected chi connectivity index (χ3v) is 14.4. The van der Waals surface area contributed by atoms with Gasteiger partial charge in [0.15, 0.2) is 9.87 Å². The van der Waals surface area contributed by atoms with E-state index in [1.54, 1.807) is 0 Å². The number of thioether (sulfide) groups is 2. The van der Waals surface area contributed by atoms with E-state index in [1.165, 1.54) is 48.5 Å². The molecule has 0 saturated carbocycles. The van der Waals surface area contributed by atoms with Crippen LogP contribution >= 0.6 is 23.5 Å². The fourth-order valence-electron chi connectivity index (χ4n) is 8.01. The molecule has 0 aliphatic carbocycles. The monoisotopic (exact) mass is 952 g/mol. The molecule has 2 aromatic carbocycles.